The van der Waals surface area contributed by atoms with E-state index in [-0.39, 0.29) is 11.7 Å². The molecule has 2 saturated heterocycles. The Hall–Kier alpha value is -3.10. The van der Waals surface area contributed by atoms with Gasteiger partial charge in [-0.3, -0.25) is 9.30 Å². The minimum atomic E-state index is -3.23. The minimum absolute atomic E-state index is 0.0754. The highest BCUT2D eigenvalue weighted by molar-refractivity contribution is 7.88. The van der Waals surface area contributed by atoms with Crippen molar-refractivity contribution >= 4 is 43.6 Å². The van der Waals surface area contributed by atoms with E-state index in [1.807, 2.05) is 18.5 Å². The largest absolute Gasteiger partial charge is 0.378 e. The summed E-state index contributed by atoms with van der Waals surface area (Å²) < 4.78 is 40.8. The van der Waals surface area contributed by atoms with Gasteiger partial charge in [0, 0.05) is 69.4 Å². The summed E-state index contributed by atoms with van der Waals surface area (Å²) in [5.74, 6) is 0.612. The van der Waals surface area contributed by atoms with E-state index in [1.165, 1.54) is 34.0 Å². The first-order valence-electron chi connectivity index (χ1n) is 14.2. The number of fused-ring (bicyclic) bond motifs is 1. The molecule has 1 N–H and O–H groups in total. The second-order valence-corrected chi connectivity index (χ2v) is 13.9. The summed E-state index contributed by atoms with van der Waals surface area (Å²) in [6, 6.07) is 10.5. The van der Waals surface area contributed by atoms with Gasteiger partial charge in [-0.05, 0) is 49.2 Å². The van der Waals surface area contributed by atoms with Crippen molar-refractivity contribution < 1.29 is 17.9 Å². The number of benzene rings is 1. The molecule has 0 radical (unpaired) electrons. The predicted octanol–water partition coefficient (Wildman–Crippen LogP) is 3.65. The van der Waals surface area contributed by atoms with Gasteiger partial charge in [0.1, 0.15) is 23.5 Å². The summed E-state index contributed by atoms with van der Waals surface area (Å²) >= 11 is 1.53. The van der Waals surface area contributed by atoms with Crippen molar-refractivity contribution in [2.24, 2.45) is 5.92 Å². The van der Waals surface area contributed by atoms with Crippen LogP contribution in [-0.2, 0) is 16.4 Å². The predicted molar refractivity (Wildman–Crippen MR) is 164 cm³/mol. The Balaban J connectivity index is 1.19. The summed E-state index contributed by atoms with van der Waals surface area (Å²) in [6.45, 7) is 5.82. The van der Waals surface area contributed by atoms with Crippen LogP contribution >= 0.6 is 11.3 Å². The quantitative estimate of drug-likeness (QED) is 0.322. The molecular formula is C29H36FN7O3S2. The number of anilines is 3. The smallest absolute Gasteiger partial charge is 0.211 e. The van der Waals surface area contributed by atoms with Gasteiger partial charge < -0.3 is 14.9 Å². The summed E-state index contributed by atoms with van der Waals surface area (Å²) in [6.07, 6.45) is 4.13. The highest BCUT2D eigenvalue weighted by atomic mass is 32.2. The number of hydrogen-bond acceptors (Lipinski definition) is 9. The van der Waals surface area contributed by atoms with Crippen molar-refractivity contribution in [2.45, 2.75) is 26.0 Å². The van der Waals surface area contributed by atoms with Crippen LogP contribution in [0.3, 0.4) is 0 Å². The van der Waals surface area contributed by atoms with E-state index in [4.69, 9.17) is 9.97 Å². The number of imidazole rings is 1. The average Bonchev–Trinajstić information content (AvgIpc) is 3.75. The third-order valence-electron chi connectivity index (χ3n) is 8.35. The molecule has 3 aromatic heterocycles. The molecule has 6 rings (SSSR count). The highest BCUT2D eigenvalue weighted by Crippen LogP contribution is 2.34. The molecule has 2 fully saturated rings. The molecule has 5 heterocycles. The normalized spacial score (nSPS) is 19.5. The van der Waals surface area contributed by atoms with Gasteiger partial charge in [-0.1, -0.05) is 6.92 Å². The average molecular weight is 614 g/mol. The fourth-order valence-corrected chi connectivity index (χ4v) is 7.65. The SMILES string of the molecule is CCc1nc2ccc(N3CCN(C(O)C4CCN(S(C)(=O)=O)C4)CC3)cn2c1N(C)c1nc(-c2ccc(F)cc2)cs1. The molecule has 0 aliphatic carbocycles. The Bertz CT molecular complexity index is 1670. The van der Waals surface area contributed by atoms with Gasteiger partial charge in [0.05, 0.1) is 23.3 Å². The molecule has 2 aliphatic heterocycles. The lowest BCUT2D eigenvalue weighted by Crippen LogP contribution is -2.53. The number of sulfonamides is 1. The van der Waals surface area contributed by atoms with Crippen LogP contribution in [0.2, 0.25) is 0 Å². The second kappa shape index (κ2) is 11.5. The summed E-state index contributed by atoms with van der Waals surface area (Å²) in [7, 11) is -1.24. The Morgan fingerprint density at radius 3 is 2.50 bits per heavy atom. The Morgan fingerprint density at radius 2 is 1.83 bits per heavy atom. The second-order valence-electron chi connectivity index (χ2n) is 11.0. The number of aliphatic hydroxyl groups excluding tert-OH is 1. The molecule has 1 aromatic carbocycles. The molecule has 224 valence electrons. The van der Waals surface area contributed by atoms with Crippen LogP contribution in [-0.4, -0.2) is 95.9 Å². The van der Waals surface area contributed by atoms with E-state index in [0.717, 1.165) is 58.7 Å². The number of aryl methyl sites for hydroxylation is 1. The molecule has 0 amide bonds. The zero-order valence-electron chi connectivity index (χ0n) is 24.0. The van der Waals surface area contributed by atoms with Crippen LogP contribution in [0.25, 0.3) is 16.9 Å². The Kier molecular flexibility index (Phi) is 7.96. The molecule has 0 bridgehead atoms. The standard InChI is InChI=1S/C29H36FN7O3S2/c1-4-24-27(33(2)29-32-25(19-41-29)20-5-7-22(30)8-6-20)37-18-23(9-10-26(37)31-24)34-13-15-35(16-14-34)28(38)21-11-12-36(17-21)42(3,39)40/h5-10,18-19,21,28,38H,4,11-17H2,1-3H3. The highest BCUT2D eigenvalue weighted by Gasteiger charge is 2.36. The van der Waals surface area contributed by atoms with E-state index >= 15 is 0 Å². The summed E-state index contributed by atoms with van der Waals surface area (Å²) in [5, 5.41) is 13.8. The Morgan fingerprint density at radius 1 is 1.10 bits per heavy atom. The molecule has 0 spiro atoms. The van der Waals surface area contributed by atoms with Crippen molar-refractivity contribution in [1.82, 2.24) is 23.6 Å². The number of nitrogens with zero attached hydrogens (tertiary/aromatic N) is 7. The molecule has 10 nitrogen and oxygen atoms in total. The first-order valence-corrected chi connectivity index (χ1v) is 16.9. The van der Waals surface area contributed by atoms with Crippen LogP contribution in [0.1, 0.15) is 19.0 Å². The number of aromatic nitrogens is 3. The van der Waals surface area contributed by atoms with E-state index < -0.39 is 16.3 Å². The molecule has 2 aliphatic rings. The monoisotopic (exact) mass is 613 g/mol. The van der Waals surface area contributed by atoms with E-state index in [2.05, 4.69) is 38.3 Å². The fraction of sp³-hybridized carbons (Fsp3) is 0.448. The fourth-order valence-electron chi connectivity index (χ4n) is 5.95. The molecule has 42 heavy (non-hydrogen) atoms. The van der Waals surface area contributed by atoms with Crippen LogP contribution in [0.15, 0.2) is 48.0 Å². The van der Waals surface area contributed by atoms with E-state index in [0.29, 0.717) is 32.6 Å². The minimum Gasteiger partial charge on any atom is -0.378 e. The van der Waals surface area contributed by atoms with Crippen LogP contribution < -0.4 is 9.80 Å². The van der Waals surface area contributed by atoms with Crippen LogP contribution in [0, 0.1) is 11.7 Å². The molecule has 2 unspecified atom stereocenters. The van der Waals surface area contributed by atoms with Crippen molar-refractivity contribution in [1.29, 1.82) is 0 Å². The van der Waals surface area contributed by atoms with Gasteiger partial charge in [0.2, 0.25) is 10.0 Å². The number of piperazine rings is 1. The van der Waals surface area contributed by atoms with Crippen LogP contribution in [0.4, 0.5) is 21.0 Å². The van der Waals surface area contributed by atoms with Crippen LogP contribution in [0.5, 0.6) is 0 Å². The lowest BCUT2D eigenvalue weighted by Gasteiger charge is -2.40. The van der Waals surface area contributed by atoms with Gasteiger partial charge in [-0.15, -0.1) is 11.3 Å². The molecule has 2 atom stereocenters. The zero-order chi connectivity index (χ0) is 29.6. The summed E-state index contributed by atoms with van der Waals surface area (Å²) in [5.41, 5.74) is 4.57. The van der Waals surface area contributed by atoms with Gasteiger partial charge >= 0.3 is 0 Å². The Labute approximate surface area is 249 Å². The molecule has 13 heteroatoms. The van der Waals surface area contributed by atoms with Gasteiger partial charge in [-0.2, -0.15) is 0 Å². The van der Waals surface area contributed by atoms with Crippen molar-refractivity contribution in [3.8, 4) is 11.3 Å². The third-order valence-corrected chi connectivity index (χ3v) is 10.5. The topological polar surface area (TPSA) is 97.5 Å². The maximum atomic E-state index is 13.4. The number of hydrogen-bond donors (Lipinski definition) is 1. The number of rotatable bonds is 8. The third kappa shape index (κ3) is 5.63. The van der Waals surface area contributed by atoms with Gasteiger partial charge in [0.25, 0.3) is 0 Å². The first kappa shape index (κ1) is 29.0. The van der Waals surface area contributed by atoms with Crippen molar-refractivity contribution in [2.75, 3.05) is 62.4 Å². The summed E-state index contributed by atoms with van der Waals surface area (Å²) in [4.78, 5) is 16.2. The molecule has 0 saturated carbocycles. The zero-order valence-corrected chi connectivity index (χ0v) is 25.7. The van der Waals surface area contributed by atoms with Gasteiger partial charge in [-0.25, -0.2) is 27.1 Å². The lowest BCUT2D eigenvalue weighted by molar-refractivity contribution is -0.0381. The maximum Gasteiger partial charge on any atom is 0.211 e. The van der Waals surface area contributed by atoms with Gasteiger partial charge in [0.15, 0.2) is 5.13 Å². The number of pyridine rings is 1. The van der Waals surface area contributed by atoms with E-state index in [1.54, 1.807) is 12.1 Å². The number of thiazole rings is 1. The van der Waals surface area contributed by atoms with Crippen molar-refractivity contribution in [3.63, 3.8) is 0 Å². The van der Waals surface area contributed by atoms with Crippen molar-refractivity contribution in [3.05, 3.63) is 59.5 Å². The molecule has 4 aromatic rings. The lowest BCUT2D eigenvalue weighted by atomic mass is 10.1. The molecular weight excluding hydrogens is 577 g/mol. The first-order chi connectivity index (χ1) is 20.1. The number of halogens is 1. The van der Waals surface area contributed by atoms with E-state index in [9.17, 15) is 17.9 Å². The maximum absolute atomic E-state index is 13.4. The number of aliphatic hydroxyl groups is 1.